The minimum atomic E-state index is 0.0886. The summed E-state index contributed by atoms with van der Waals surface area (Å²) in [5.74, 6) is 1.05. The van der Waals surface area contributed by atoms with Crippen LogP contribution in [0.3, 0.4) is 0 Å². The first kappa shape index (κ1) is 11.9. The smallest absolute Gasteiger partial charge is 0.242 e. The van der Waals surface area contributed by atoms with Crippen LogP contribution in [0.25, 0.3) is 0 Å². The van der Waals surface area contributed by atoms with Crippen LogP contribution in [-0.4, -0.2) is 41.4 Å². The molecule has 0 aliphatic carbocycles. The highest BCUT2D eigenvalue weighted by Gasteiger charge is 2.25. The molecule has 0 spiro atoms. The summed E-state index contributed by atoms with van der Waals surface area (Å²) in [5, 5.41) is 9.38. The SMILES string of the molecule is COc1ncnc(N2CCCCC2CO)c1N. The third-order valence-corrected chi connectivity index (χ3v) is 3.13. The van der Waals surface area contributed by atoms with Crippen LogP contribution < -0.4 is 15.4 Å². The van der Waals surface area contributed by atoms with Gasteiger partial charge in [0, 0.05) is 6.54 Å². The Morgan fingerprint density at radius 3 is 3.06 bits per heavy atom. The average molecular weight is 238 g/mol. The molecule has 6 nitrogen and oxygen atoms in total. The van der Waals surface area contributed by atoms with Gasteiger partial charge in [-0.25, -0.2) is 4.98 Å². The van der Waals surface area contributed by atoms with Crippen molar-refractivity contribution in [2.24, 2.45) is 0 Å². The number of rotatable bonds is 3. The summed E-state index contributed by atoms with van der Waals surface area (Å²) in [7, 11) is 1.53. The van der Waals surface area contributed by atoms with E-state index in [-0.39, 0.29) is 12.6 Å². The summed E-state index contributed by atoms with van der Waals surface area (Å²) < 4.78 is 5.08. The van der Waals surface area contributed by atoms with E-state index >= 15 is 0 Å². The molecule has 6 heteroatoms. The van der Waals surface area contributed by atoms with Crippen molar-refractivity contribution < 1.29 is 9.84 Å². The number of anilines is 2. The Balaban J connectivity index is 2.31. The fourth-order valence-electron chi connectivity index (χ4n) is 2.23. The van der Waals surface area contributed by atoms with Gasteiger partial charge in [0.1, 0.15) is 12.0 Å². The lowest BCUT2D eigenvalue weighted by Gasteiger charge is -2.36. The molecule has 1 aliphatic heterocycles. The molecule has 2 heterocycles. The predicted octanol–water partition coefficient (Wildman–Crippen LogP) is 0.419. The molecule has 1 atom stereocenters. The van der Waals surface area contributed by atoms with Crippen molar-refractivity contribution in [2.75, 3.05) is 30.9 Å². The Bertz CT molecular complexity index is 386. The van der Waals surface area contributed by atoms with Crippen LogP contribution in [0.2, 0.25) is 0 Å². The lowest BCUT2D eigenvalue weighted by atomic mass is 10.0. The highest BCUT2D eigenvalue weighted by molar-refractivity contribution is 5.68. The van der Waals surface area contributed by atoms with Crippen molar-refractivity contribution in [3.05, 3.63) is 6.33 Å². The van der Waals surface area contributed by atoms with E-state index in [9.17, 15) is 5.11 Å². The first-order chi connectivity index (χ1) is 8.27. The molecule has 94 valence electrons. The molecular weight excluding hydrogens is 220 g/mol. The van der Waals surface area contributed by atoms with Crippen LogP contribution in [0, 0.1) is 0 Å². The summed E-state index contributed by atoms with van der Waals surface area (Å²) in [4.78, 5) is 10.2. The number of hydrogen-bond donors (Lipinski definition) is 2. The number of aliphatic hydroxyl groups excluding tert-OH is 1. The van der Waals surface area contributed by atoms with Crippen molar-refractivity contribution in [2.45, 2.75) is 25.3 Å². The summed E-state index contributed by atoms with van der Waals surface area (Å²) in [6.07, 6.45) is 4.61. The van der Waals surface area contributed by atoms with Crippen LogP contribution in [0.15, 0.2) is 6.33 Å². The molecule has 1 unspecified atom stereocenters. The Labute approximate surface area is 100 Å². The Kier molecular flexibility index (Phi) is 3.63. The highest BCUT2D eigenvalue weighted by Crippen LogP contribution is 2.31. The number of ether oxygens (including phenoxy) is 1. The number of aromatic nitrogens is 2. The quantitative estimate of drug-likeness (QED) is 0.794. The molecule has 0 radical (unpaired) electrons. The van der Waals surface area contributed by atoms with E-state index in [1.807, 2.05) is 4.90 Å². The van der Waals surface area contributed by atoms with Gasteiger partial charge in [-0.1, -0.05) is 0 Å². The minimum Gasteiger partial charge on any atom is -0.479 e. The number of aliphatic hydroxyl groups is 1. The number of methoxy groups -OCH3 is 1. The topological polar surface area (TPSA) is 84.5 Å². The van der Waals surface area contributed by atoms with E-state index in [1.54, 1.807) is 0 Å². The second kappa shape index (κ2) is 5.18. The van der Waals surface area contributed by atoms with Gasteiger partial charge in [0.15, 0.2) is 5.82 Å². The zero-order valence-corrected chi connectivity index (χ0v) is 9.96. The van der Waals surface area contributed by atoms with E-state index in [4.69, 9.17) is 10.5 Å². The average Bonchev–Trinajstić information content (AvgIpc) is 2.39. The molecule has 3 N–H and O–H groups in total. The fraction of sp³-hybridized carbons (Fsp3) is 0.636. The molecule has 0 saturated carbocycles. The normalized spacial score (nSPS) is 20.4. The van der Waals surface area contributed by atoms with E-state index in [2.05, 4.69) is 9.97 Å². The Hall–Kier alpha value is -1.56. The first-order valence-corrected chi connectivity index (χ1v) is 5.80. The maximum atomic E-state index is 9.38. The van der Waals surface area contributed by atoms with Crippen molar-refractivity contribution in [1.82, 2.24) is 9.97 Å². The first-order valence-electron chi connectivity index (χ1n) is 5.80. The molecule has 1 aliphatic rings. The second-order valence-electron chi connectivity index (χ2n) is 4.15. The third kappa shape index (κ3) is 2.26. The molecular formula is C11H18N4O2. The second-order valence-corrected chi connectivity index (χ2v) is 4.15. The van der Waals surface area contributed by atoms with Crippen LogP contribution in [-0.2, 0) is 0 Å². The van der Waals surface area contributed by atoms with Crippen molar-refractivity contribution >= 4 is 11.5 Å². The lowest BCUT2D eigenvalue weighted by Crippen LogP contribution is -2.42. The van der Waals surface area contributed by atoms with Gasteiger partial charge in [0.05, 0.1) is 19.8 Å². The van der Waals surface area contributed by atoms with Gasteiger partial charge in [0.2, 0.25) is 5.88 Å². The monoisotopic (exact) mass is 238 g/mol. The summed E-state index contributed by atoms with van der Waals surface area (Å²) in [5.41, 5.74) is 6.41. The molecule has 0 aromatic carbocycles. The predicted molar refractivity (Wildman–Crippen MR) is 65.1 cm³/mol. The van der Waals surface area contributed by atoms with Crippen molar-refractivity contribution in [3.8, 4) is 5.88 Å². The molecule has 0 bridgehead atoms. The van der Waals surface area contributed by atoms with E-state index in [0.717, 1.165) is 25.8 Å². The minimum absolute atomic E-state index is 0.0886. The van der Waals surface area contributed by atoms with Gasteiger partial charge in [-0.2, -0.15) is 4.98 Å². The summed E-state index contributed by atoms with van der Waals surface area (Å²) in [6, 6.07) is 0.0886. The maximum absolute atomic E-state index is 9.38. The lowest BCUT2D eigenvalue weighted by molar-refractivity contribution is 0.239. The zero-order chi connectivity index (χ0) is 12.3. The van der Waals surface area contributed by atoms with E-state index in [0.29, 0.717) is 17.4 Å². The van der Waals surface area contributed by atoms with Gasteiger partial charge in [-0.3, -0.25) is 0 Å². The van der Waals surface area contributed by atoms with Crippen molar-refractivity contribution in [1.29, 1.82) is 0 Å². The van der Waals surface area contributed by atoms with Gasteiger partial charge in [-0.15, -0.1) is 0 Å². The van der Waals surface area contributed by atoms with Gasteiger partial charge in [-0.05, 0) is 19.3 Å². The molecule has 1 aromatic heterocycles. The van der Waals surface area contributed by atoms with E-state index in [1.165, 1.54) is 13.4 Å². The van der Waals surface area contributed by atoms with Crippen molar-refractivity contribution in [3.63, 3.8) is 0 Å². The molecule has 1 fully saturated rings. The highest BCUT2D eigenvalue weighted by atomic mass is 16.5. The maximum Gasteiger partial charge on any atom is 0.242 e. The van der Waals surface area contributed by atoms with E-state index < -0.39 is 0 Å². The molecule has 0 amide bonds. The number of piperidine rings is 1. The van der Waals surface area contributed by atoms with Gasteiger partial charge >= 0.3 is 0 Å². The molecule has 2 rings (SSSR count). The van der Waals surface area contributed by atoms with Crippen LogP contribution in [0.4, 0.5) is 11.5 Å². The number of hydrogen-bond acceptors (Lipinski definition) is 6. The summed E-state index contributed by atoms with van der Waals surface area (Å²) in [6.45, 7) is 0.974. The third-order valence-electron chi connectivity index (χ3n) is 3.13. The van der Waals surface area contributed by atoms with Gasteiger partial charge in [0.25, 0.3) is 0 Å². The van der Waals surface area contributed by atoms with Crippen LogP contribution in [0.5, 0.6) is 5.88 Å². The number of nitrogens with zero attached hydrogens (tertiary/aromatic N) is 3. The Morgan fingerprint density at radius 1 is 1.53 bits per heavy atom. The Morgan fingerprint density at radius 2 is 2.35 bits per heavy atom. The fourth-order valence-corrected chi connectivity index (χ4v) is 2.23. The largest absolute Gasteiger partial charge is 0.479 e. The van der Waals surface area contributed by atoms with Crippen LogP contribution in [0.1, 0.15) is 19.3 Å². The molecule has 1 saturated heterocycles. The molecule has 17 heavy (non-hydrogen) atoms. The summed E-state index contributed by atoms with van der Waals surface area (Å²) >= 11 is 0. The number of nitrogens with two attached hydrogens (primary N) is 1. The standard InChI is InChI=1S/C11H18N4O2/c1-17-11-9(12)10(13-7-14-11)15-5-3-2-4-8(15)6-16/h7-8,16H,2-6,12H2,1H3. The van der Waals surface area contributed by atoms with Crippen LogP contribution >= 0.6 is 0 Å². The zero-order valence-electron chi connectivity index (χ0n) is 9.96. The van der Waals surface area contributed by atoms with Gasteiger partial charge < -0.3 is 20.5 Å². The number of nitrogen functional groups attached to an aromatic ring is 1. The molecule has 1 aromatic rings.